The molecule has 2 aromatic rings. The van der Waals surface area contributed by atoms with Crippen molar-refractivity contribution < 1.29 is 38.6 Å². The van der Waals surface area contributed by atoms with Crippen LogP contribution in [-0.4, -0.2) is 60.3 Å². The van der Waals surface area contributed by atoms with Crippen LogP contribution in [0.15, 0.2) is 71.1 Å². The quantitative estimate of drug-likeness (QED) is 0.168. The minimum atomic E-state index is -1.15. The van der Waals surface area contributed by atoms with Gasteiger partial charge in [-0.15, -0.1) is 0 Å². The van der Waals surface area contributed by atoms with Crippen LogP contribution in [0.3, 0.4) is 0 Å². The van der Waals surface area contributed by atoms with Crippen LogP contribution in [0.4, 0.5) is 5.69 Å². The Bertz CT molecular complexity index is 1410. The maximum atomic E-state index is 13.4. The monoisotopic (exact) mass is 565 g/mol. The Hall–Kier alpha value is -4.71. The molecule has 0 radical (unpaired) electrons. The summed E-state index contributed by atoms with van der Waals surface area (Å²) in [7, 11) is 0. The number of phenolic OH excluding ortho intramolecular Hbond substituents is 1. The van der Waals surface area contributed by atoms with Gasteiger partial charge in [0.25, 0.3) is 11.6 Å². The van der Waals surface area contributed by atoms with E-state index >= 15 is 0 Å². The zero-order valence-corrected chi connectivity index (χ0v) is 22.7. The Morgan fingerprint density at radius 2 is 1.71 bits per heavy atom. The lowest BCUT2D eigenvalue weighted by Gasteiger charge is -2.30. The Morgan fingerprint density at radius 1 is 1.05 bits per heavy atom. The maximum Gasteiger partial charge on any atom is 0.336 e. The second-order valence-electron chi connectivity index (χ2n) is 9.59. The van der Waals surface area contributed by atoms with Gasteiger partial charge in [-0.05, 0) is 38.8 Å². The lowest BCUT2D eigenvalue weighted by atomic mass is 9.79. The molecule has 216 valence electrons. The zero-order valence-electron chi connectivity index (χ0n) is 22.7. The number of para-hydroxylation sites is 2. The predicted molar refractivity (Wildman–Crippen MR) is 146 cm³/mol. The van der Waals surface area contributed by atoms with Crippen LogP contribution in [0.2, 0.25) is 0 Å². The predicted octanol–water partition coefficient (Wildman–Crippen LogP) is 3.23. The fourth-order valence-corrected chi connectivity index (χ4v) is 4.91. The molecule has 0 aliphatic carbocycles. The Morgan fingerprint density at radius 3 is 2.37 bits per heavy atom. The Kier molecular flexibility index (Phi) is 9.35. The molecule has 3 N–H and O–H groups in total. The summed E-state index contributed by atoms with van der Waals surface area (Å²) >= 11 is 0. The normalized spacial score (nSPS) is 18.5. The van der Waals surface area contributed by atoms with Crippen molar-refractivity contribution in [2.45, 2.75) is 38.7 Å². The second-order valence-corrected chi connectivity index (χ2v) is 9.59. The molecule has 12 nitrogen and oxygen atoms in total. The number of nitrogens with one attached hydrogen (secondary N) is 2. The highest BCUT2D eigenvalue weighted by Gasteiger charge is 2.41. The van der Waals surface area contributed by atoms with Gasteiger partial charge in [0.2, 0.25) is 0 Å². The number of dihydropyridines is 1. The number of carbonyl (C=O) groups is 3. The third-order valence-electron chi connectivity index (χ3n) is 6.84. The molecule has 1 saturated heterocycles. The average Bonchev–Trinajstić information content (AvgIpc) is 3.47. The van der Waals surface area contributed by atoms with Crippen molar-refractivity contribution in [3.8, 4) is 5.75 Å². The summed E-state index contributed by atoms with van der Waals surface area (Å²) < 4.78 is 16.5. The molecule has 2 heterocycles. The van der Waals surface area contributed by atoms with E-state index in [0.717, 1.165) is 12.8 Å². The van der Waals surface area contributed by atoms with Crippen molar-refractivity contribution in [2.24, 2.45) is 0 Å². The van der Waals surface area contributed by atoms with Gasteiger partial charge in [-0.3, -0.25) is 14.9 Å². The zero-order chi connectivity index (χ0) is 29.5. The van der Waals surface area contributed by atoms with Crippen molar-refractivity contribution in [1.29, 1.82) is 0 Å². The van der Waals surface area contributed by atoms with Gasteiger partial charge in [0.1, 0.15) is 19.0 Å². The molecular formula is C29H31N3O9. The fourth-order valence-electron chi connectivity index (χ4n) is 4.91. The van der Waals surface area contributed by atoms with Crippen LogP contribution in [0, 0.1) is 10.1 Å². The van der Waals surface area contributed by atoms with E-state index in [1.165, 1.54) is 30.3 Å². The molecule has 1 fully saturated rings. The Balaban J connectivity index is 1.56. The van der Waals surface area contributed by atoms with Gasteiger partial charge in [0, 0.05) is 29.6 Å². The number of rotatable bonds is 10. The highest BCUT2D eigenvalue weighted by Crippen LogP contribution is 2.42. The summed E-state index contributed by atoms with van der Waals surface area (Å²) in [6.45, 7) is 3.52. The number of ether oxygens (including phenoxy) is 3. The molecule has 2 atom stereocenters. The van der Waals surface area contributed by atoms with Gasteiger partial charge in [-0.25, -0.2) is 9.59 Å². The molecule has 0 spiro atoms. The maximum absolute atomic E-state index is 13.4. The highest BCUT2D eigenvalue weighted by atomic mass is 16.6. The molecule has 0 saturated carbocycles. The molecule has 2 aromatic carbocycles. The minimum absolute atomic E-state index is 0.000923. The summed E-state index contributed by atoms with van der Waals surface area (Å²) in [5, 5.41) is 27.4. The first-order valence-corrected chi connectivity index (χ1v) is 13.1. The summed E-state index contributed by atoms with van der Waals surface area (Å²) in [5.74, 6) is -3.46. The smallest absolute Gasteiger partial charge is 0.336 e. The minimum Gasteiger partial charge on any atom is -0.507 e. The molecule has 1 amide bonds. The topological polar surface area (TPSA) is 166 Å². The van der Waals surface area contributed by atoms with Crippen LogP contribution in [0.5, 0.6) is 5.75 Å². The van der Waals surface area contributed by atoms with Gasteiger partial charge in [-0.1, -0.05) is 30.3 Å². The Labute approximate surface area is 236 Å². The number of amides is 1. The number of nitro groups is 1. The van der Waals surface area contributed by atoms with Crippen molar-refractivity contribution in [2.75, 3.05) is 26.4 Å². The van der Waals surface area contributed by atoms with E-state index in [-0.39, 0.29) is 59.6 Å². The van der Waals surface area contributed by atoms with Gasteiger partial charge < -0.3 is 30.0 Å². The molecule has 12 heteroatoms. The fraction of sp³-hybridized carbons (Fsp3) is 0.345. The highest BCUT2D eigenvalue weighted by molar-refractivity contribution is 6.00. The van der Waals surface area contributed by atoms with Crippen LogP contribution in [0.1, 0.15) is 48.5 Å². The van der Waals surface area contributed by atoms with Gasteiger partial charge in [-0.2, -0.15) is 0 Å². The van der Waals surface area contributed by atoms with E-state index < -0.39 is 28.7 Å². The molecular weight excluding hydrogens is 534 g/mol. The van der Waals surface area contributed by atoms with Gasteiger partial charge >= 0.3 is 11.9 Å². The number of benzene rings is 2. The molecule has 4 rings (SSSR count). The first kappa shape index (κ1) is 29.3. The number of nitrogens with zero attached hydrogens (tertiary/aromatic N) is 1. The number of carbonyl (C=O) groups excluding carboxylic acids is 3. The van der Waals surface area contributed by atoms with Crippen LogP contribution < -0.4 is 10.6 Å². The standard InChI is InChI=1S/C29H31N3O9/c1-17-24(28(35)40-15-13-30-27(34)21-10-4-6-12-23(21)33)26(20-9-3-5-11-22(20)32(37)38)25(18(2)31-17)29(36)41-16-19-8-7-14-39-19/h3-6,9-12,19,26,31,33H,7-8,13-16H2,1-2H3,(H,30,34)/t19-,26-/m1/s1. The van der Waals surface area contributed by atoms with Crippen molar-refractivity contribution in [3.05, 3.63) is 92.3 Å². The number of aromatic hydroxyl groups is 1. The number of nitro benzene ring substituents is 1. The van der Waals surface area contributed by atoms with Crippen LogP contribution in [-0.2, 0) is 23.8 Å². The summed E-state index contributed by atoms with van der Waals surface area (Å²) in [6.07, 6.45) is 1.36. The molecule has 0 aromatic heterocycles. The van der Waals surface area contributed by atoms with Crippen LogP contribution in [0.25, 0.3) is 0 Å². The third-order valence-corrected chi connectivity index (χ3v) is 6.84. The molecule has 0 unspecified atom stereocenters. The summed E-state index contributed by atoms with van der Waals surface area (Å²) in [5.41, 5.74) is 0.700. The lowest BCUT2D eigenvalue weighted by molar-refractivity contribution is -0.385. The van der Waals surface area contributed by atoms with Gasteiger partial charge in [0.05, 0.1) is 40.2 Å². The van der Waals surface area contributed by atoms with Crippen molar-refractivity contribution in [3.63, 3.8) is 0 Å². The molecule has 41 heavy (non-hydrogen) atoms. The van der Waals surface area contributed by atoms with Crippen molar-refractivity contribution >= 4 is 23.5 Å². The van der Waals surface area contributed by atoms with E-state index in [0.29, 0.717) is 18.0 Å². The molecule has 2 aliphatic heterocycles. The number of esters is 2. The lowest BCUT2D eigenvalue weighted by Crippen LogP contribution is -2.34. The average molecular weight is 566 g/mol. The third kappa shape index (κ3) is 6.72. The first-order chi connectivity index (χ1) is 19.7. The van der Waals surface area contributed by atoms with E-state index in [2.05, 4.69) is 10.6 Å². The molecule has 2 aliphatic rings. The summed E-state index contributed by atoms with van der Waals surface area (Å²) in [6, 6.07) is 11.9. The molecule has 0 bridgehead atoms. The largest absolute Gasteiger partial charge is 0.507 e. The van der Waals surface area contributed by atoms with Crippen LogP contribution >= 0.6 is 0 Å². The SMILES string of the molecule is CC1=C(C(=O)OCCNC(=O)c2ccccc2O)[C@@H](c2ccccc2[N+](=O)[O-])C(C(=O)OC[C@H]2CCCO2)=C(C)N1. The number of hydrogen-bond donors (Lipinski definition) is 3. The van der Waals surface area contributed by atoms with Gasteiger partial charge in [0.15, 0.2) is 0 Å². The first-order valence-electron chi connectivity index (χ1n) is 13.1. The van der Waals surface area contributed by atoms with E-state index in [4.69, 9.17) is 14.2 Å². The number of allylic oxidation sites excluding steroid dienone is 2. The summed E-state index contributed by atoms with van der Waals surface area (Å²) in [4.78, 5) is 50.6. The second kappa shape index (κ2) is 13.1. The number of hydrogen-bond acceptors (Lipinski definition) is 10. The van der Waals surface area contributed by atoms with E-state index in [1.807, 2.05) is 0 Å². The van der Waals surface area contributed by atoms with Crippen molar-refractivity contribution in [1.82, 2.24) is 10.6 Å². The number of phenols is 1. The van der Waals surface area contributed by atoms with E-state index in [9.17, 15) is 29.6 Å². The van der Waals surface area contributed by atoms with E-state index in [1.54, 1.807) is 32.0 Å².